The number of amides is 1. The van der Waals surface area contributed by atoms with Crippen LogP contribution in [0.25, 0.3) is 10.1 Å². The number of aryl methyl sites for hydroxylation is 1. The van der Waals surface area contributed by atoms with E-state index in [1.807, 2.05) is 17.0 Å². The number of anilines is 1. The number of rotatable bonds is 2. The van der Waals surface area contributed by atoms with Crippen LogP contribution in [0.1, 0.15) is 53.9 Å². The number of halogens is 1. The Balaban J connectivity index is 1.86. The second kappa shape index (κ2) is 6.82. The molecule has 7 heteroatoms. The van der Waals surface area contributed by atoms with Crippen molar-refractivity contribution in [3.63, 3.8) is 0 Å². The highest BCUT2D eigenvalue weighted by atomic mass is 35.5. The standard InChI is InChI=1S/C22H21ClN2O3S/c1-12-5-8-17-16(9-12)13(2)11-22(3,4)24(17)21(26)20-19(23)15-7-6-14(25(27)28)10-18(15)29-20/h5-10,13H,11H2,1-4H3/t13-/m1/s1. The first-order valence-electron chi connectivity index (χ1n) is 9.41. The van der Waals surface area contributed by atoms with Crippen LogP contribution in [0.3, 0.4) is 0 Å². The fourth-order valence-corrected chi connectivity index (χ4v) is 5.81. The van der Waals surface area contributed by atoms with Crippen molar-refractivity contribution in [3.8, 4) is 0 Å². The Kier molecular flexibility index (Phi) is 4.67. The average Bonchev–Trinajstić information content (AvgIpc) is 2.97. The number of carbonyl (C=O) groups excluding carboxylic acids is 1. The van der Waals surface area contributed by atoms with Gasteiger partial charge in [-0.15, -0.1) is 11.3 Å². The number of benzene rings is 2. The number of carbonyl (C=O) groups is 1. The van der Waals surface area contributed by atoms with E-state index in [2.05, 4.69) is 33.8 Å². The normalized spacial score (nSPS) is 18.0. The van der Waals surface area contributed by atoms with Crippen LogP contribution in [0.2, 0.25) is 5.02 Å². The molecular weight excluding hydrogens is 408 g/mol. The lowest BCUT2D eigenvalue weighted by Crippen LogP contribution is -2.51. The second-order valence-electron chi connectivity index (χ2n) is 8.30. The molecule has 0 aliphatic carbocycles. The fourth-order valence-electron chi connectivity index (χ4n) is 4.34. The summed E-state index contributed by atoms with van der Waals surface area (Å²) in [7, 11) is 0. The van der Waals surface area contributed by atoms with Gasteiger partial charge in [-0.2, -0.15) is 0 Å². The quantitative estimate of drug-likeness (QED) is 0.336. The van der Waals surface area contributed by atoms with Gasteiger partial charge in [0.2, 0.25) is 0 Å². The summed E-state index contributed by atoms with van der Waals surface area (Å²) in [4.78, 5) is 26.6. The van der Waals surface area contributed by atoms with Crippen molar-refractivity contribution in [2.24, 2.45) is 0 Å². The zero-order valence-corrected chi connectivity index (χ0v) is 18.2. The van der Waals surface area contributed by atoms with E-state index in [4.69, 9.17) is 11.6 Å². The summed E-state index contributed by atoms with van der Waals surface area (Å²) in [6.07, 6.45) is 0.836. The van der Waals surface area contributed by atoms with Crippen molar-refractivity contribution in [3.05, 3.63) is 67.5 Å². The molecule has 2 aromatic carbocycles. The summed E-state index contributed by atoms with van der Waals surface area (Å²) in [5.74, 6) is 0.172. The molecule has 0 N–H and O–H groups in total. The molecule has 2 heterocycles. The Hall–Kier alpha value is -2.44. The van der Waals surface area contributed by atoms with E-state index in [-0.39, 0.29) is 17.1 Å². The molecule has 5 nitrogen and oxygen atoms in total. The van der Waals surface area contributed by atoms with Gasteiger partial charge in [-0.25, -0.2) is 0 Å². The first-order chi connectivity index (χ1) is 13.6. The number of nitrogens with zero attached hydrogens (tertiary/aromatic N) is 2. The lowest BCUT2D eigenvalue weighted by molar-refractivity contribution is -0.384. The van der Waals surface area contributed by atoms with E-state index in [0.29, 0.717) is 25.9 Å². The molecule has 4 rings (SSSR count). The van der Waals surface area contributed by atoms with Gasteiger partial charge < -0.3 is 4.90 Å². The molecule has 0 spiro atoms. The molecule has 1 aliphatic heterocycles. The summed E-state index contributed by atoms with van der Waals surface area (Å²) in [6.45, 7) is 8.37. The summed E-state index contributed by atoms with van der Waals surface area (Å²) < 4.78 is 0.639. The Morgan fingerprint density at radius 1 is 1.28 bits per heavy atom. The first kappa shape index (κ1) is 19.9. The van der Waals surface area contributed by atoms with E-state index in [9.17, 15) is 14.9 Å². The van der Waals surface area contributed by atoms with Gasteiger partial charge in [-0.05, 0) is 50.8 Å². The molecule has 1 aromatic heterocycles. The molecule has 0 saturated heterocycles. The molecule has 0 fully saturated rings. The van der Waals surface area contributed by atoms with E-state index < -0.39 is 4.92 Å². The molecular formula is C22H21ClN2O3S. The van der Waals surface area contributed by atoms with Crippen LogP contribution in [0.15, 0.2) is 36.4 Å². The van der Waals surface area contributed by atoms with Gasteiger partial charge >= 0.3 is 0 Å². The van der Waals surface area contributed by atoms with Crippen LogP contribution in [0.5, 0.6) is 0 Å². The van der Waals surface area contributed by atoms with Gasteiger partial charge in [0.15, 0.2) is 0 Å². The molecule has 1 atom stereocenters. The number of nitro groups is 1. The van der Waals surface area contributed by atoms with Crippen molar-refractivity contribution in [2.75, 3.05) is 4.90 Å². The zero-order valence-electron chi connectivity index (χ0n) is 16.7. The fraction of sp³-hybridized carbons (Fsp3) is 0.318. The SMILES string of the molecule is Cc1ccc2c(c1)[C@H](C)CC(C)(C)N2C(=O)c1sc2cc([N+](=O)[O-])ccc2c1Cl. The molecule has 0 saturated carbocycles. The van der Waals surface area contributed by atoms with Crippen molar-refractivity contribution >= 4 is 50.3 Å². The Morgan fingerprint density at radius 3 is 2.69 bits per heavy atom. The highest BCUT2D eigenvalue weighted by molar-refractivity contribution is 7.21. The highest BCUT2D eigenvalue weighted by Gasteiger charge is 2.41. The molecule has 150 valence electrons. The van der Waals surface area contributed by atoms with E-state index >= 15 is 0 Å². The van der Waals surface area contributed by atoms with Gasteiger partial charge in [-0.3, -0.25) is 14.9 Å². The molecule has 1 aliphatic rings. The van der Waals surface area contributed by atoms with Crippen molar-refractivity contribution in [2.45, 2.75) is 45.6 Å². The Bertz CT molecular complexity index is 1170. The van der Waals surface area contributed by atoms with Crippen LogP contribution in [-0.4, -0.2) is 16.4 Å². The maximum atomic E-state index is 13.7. The minimum Gasteiger partial charge on any atom is -0.302 e. The number of fused-ring (bicyclic) bond motifs is 2. The number of thiophene rings is 1. The number of non-ortho nitro benzene ring substituents is 1. The van der Waals surface area contributed by atoms with Gasteiger partial charge in [-0.1, -0.05) is 36.2 Å². The Labute approximate surface area is 178 Å². The van der Waals surface area contributed by atoms with Gasteiger partial charge in [0, 0.05) is 33.4 Å². The van der Waals surface area contributed by atoms with Crippen LogP contribution in [0, 0.1) is 17.0 Å². The number of hydrogen-bond acceptors (Lipinski definition) is 4. The predicted octanol–water partition coefficient (Wildman–Crippen LogP) is 6.70. The largest absolute Gasteiger partial charge is 0.302 e. The lowest BCUT2D eigenvalue weighted by atomic mass is 9.79. The molecule has 0 bridgehead atoms. The monoisotopic (exact) mass is 428 g/mol. The van der Waals surface area contributed by atoms with Crippen molar-refractivity contribution in [1.82, 2.24) is 0 Å². The van der Waals surface area contributed by atoms with Crippen molar-refractivity contribution < 1.29 is 9.72 Å². The molecule has 1 amide bonds. The second-order valence-corrected chi connectivity index (χ2v) is 9.73. The van der Waals surface area contributed by atoms with Crippen LogP contribution >= 0.6 is 22.9 Å². The summed E-state index contributed by atoms with van der Waals surface area (Å²) in [5, 5.41) is 12.1. The van der Waals surface area contributed by atoms with Gasteiger partial charge in [0.1, 0.15) is 4.88 Å². The summed E-state index contributed by atoms with van der Waals surface area (Å²) in [5.41, 5.74) is 2.83. The van der Waals surface area contributed by atoms with Gasteiger partial charge in [0.25, 0.3) is 11.6 Å². The smallest absolute Gasteiger partial charge is 0.270 e. The minimum absolute atomic E-state index is 0.0117. The third kappa shape index (κ3) is 3.20. The maximum absolute atomic E-state index is 13.7. The van der Waals surface area contributed by atoms with Crippen LogP contribution in [-0.2, 0) is 0 Å². The summed E-state index contributed by atoms with van der Waals surface area (Å²) >= 11 is 7.78. The lowest BCUT2D eigenvalue weighted by Gasteiger charge is -2.46. The van der Waals surface area contributed by atoms with Crippen molar-refractivity contribution in [1.29, 1.82) is 0 Å². The predicted molar refractivity (Wildman–Crippen MR) is 119 cm³/mol. The topological polar surface area (TPSA) is 63.5 Å². The third-order valence-corrected chi connectivity index (χ3v) is 7.23. The van der Waals surface area contributed by atoms with E-state index in [1.165, 1.54) is 23.5 Å². The summed E-state index contributed by atoms with van der Waals surface area (Å²) in [6, 6.07) is 10.7. The molecule has 29 heavy (non-hydrogen) atoms. The minimum atomic E-state index is -0.442. The Morgan fingerprint density at radius 2 is 2.00 bits per heavy atom. The number of nitro benzene ring substituents is 1. The highest BCUT2D eigenvalue weighted by Crippen LogP contribution is 2.46. The molecule has 3 aromatic rings. The first-order valence-corrected chi connectivity index (χ1v) is 10.6. The average molecular weight is 429 g/mol. The van der Waals surface area contributed by atoms with Crippen LogP contribution in [0.4, 0.5) is 11.4 Å². The van der Waals surface area contributed by atoms with E-state index in [1.54, 1.807) is 6.07 Å². The third-order valence-electron chi connectivity index (χ3n) is 5.59. The molecule has 0 radical (unpaired) electrons. The van der Waals surface area contributed by atoms with E-state index in [0.717, 1.165) is 23.2 Å². The van der Waals surface area contributed by atoms with Gasteiger partial charge in [0.05, 0.1) is 9.95 Å². The molecule has 0 unspecified atom stereocenters. The zero-order chi connectivity index (χ0) is 21.1. The number of hydrogen-bond donors (Lipinski definition) is 0. The maximum Gasteiger partial charge on any atom is 0.270 e. The van der Waals surface area contributed by atoms with Crippen LogP contribution < -0.4 is 4.90 Å².